The topological polar surface area (TPSA) is 74.8 Å². The highest BCUT2D eigenvalue weighted by Crippen LogP contribution is 2.24. The van der Waals surface area contributed by atoms with Crippen LogP contribution < -0.4 is 4.72 Å². The van der Waals surface area contributed by atoms with E-state index in [1.54, 1.807) is 24.3 Å². The predicted octanol–water partition coefficient (Wildman–Crippen LogP) is 3.16. The summed E-state index contributed by atoms with van der Waals surface area (Å²) in [5, 5.41) is -0.196. The molecule has 2 N–H and O–H groups in total. The van der Waals surface area contributed by atoms with Gasteiger partial charge in [0.15, 0.2) is 0 Å². The van der Waals surface area contributed by atoms with Gasteiger partial charge in [-0.15, -0.1) is 0 Å². The molecule has 0 aliphatic rings. The molecule has 0 spiro atoms. The average Bonchev–Trinajstić information content (AvgIpc) is 2.79. The smallest absolute Gasteiger partial charge is 0.265 e. The molecule has 0 atom stereocenters. The second-order valence-electron chi connectivity index (χ2n) is 4.28. The number of sulfonamides is 1. The van der Waals surface area contributed by atoms with E-state index in [0.29, 0.717) is 11.0 Å². The van der Waals surface area contributed by atoms with E-state index < -0.39 is 15.8 Å². The molecule has 0 amide bonds. The highest BCUT2D eigenvalue weighted by molar-refractivity contribution is 7.92. The van der Waals surface area contributed by atoms with Crippen LogP contribution in [0.4, 0.5) is 10.3 Å². The van der Waals surface area contributed by atoms with E-state index in [2.05, 4.69) is 14.7 Å². The Hall–Kier alpha value is -2.12. The quantitative estimate of drug-likeness (QED) is 0.776. The Kier molecular flexibility index (Phi) is 3.30. The van der Waals surface area contributed by atoms with Gasteiger partial charge in [0.05, 0.1) is 16.1 Å². The van der Waals surface area contributed by atoms with Gasteiger partial charge in [-0.3, -0.25) is 0 Å². The van der Waals surface area contributed by atoms with Gasteiger partial charge in [-0.2, -0.15) is 0 Å². The minimum atomic E-state index is -3.95. The first kappa shape index (κ1) is 13.8. The lowest BCUT2D eigenvalue weighted by Gasteiger charge is -2.06. The number of hydrogen-bond acceptors (Lipinski definition) is 3. The summed E-state index contributed by atoms with van der Waals surface area (Å²) in [6.45, 7) is 0. The lowest BCUT2D eigenvalue weighted by atomic mass is 10.3. The fraction of sp³-hybridized carbons (Fsp3) is 0. The van der Waals surface area contributed by atoms with Crippen LogP contribution in [0, 0.1) is 5.82 Å². The molecule has 0 bridgehead atoms. The van der Waals surface area contributed by atoms with E-state index in [9.17, 15) is 12.8 Å². The summed E-state index contributed by atoms with van der Waals surface area (Å²) in [4.78, 5) is 6.72. The predicted molar refractivity (Wildman–Crippen MR) is 78.3 cm³/mol. The standard InChI is InChI=1S/C13H9ClFN3O2S/c14-9-7-8(15)5-6-12(9)21(19,20)18-13-16-10-3-1-2-4-11(10)17-13/h1-7H,(H2,16,17,18). The van der Waals surface area contributed by atoms with Crippen LogP contribution in [-0.2, 0) is 10.0 Å². The van der Waals surface area contributed by atoms with E-state index in [-0.39, 0.29) is 15.9 Å². The van der Waals surface area contributed by atoms with E-state index in [1.807, 2.05) is 0 Å². The maximum atomic E-state index is 13.0. The molecule has 2 aromatic carbocycles. The molecule has 21 heavy (non-hydrogen) atoms. The number of H-pyrrole nitrogens is 1. The van der Waals surface area contributed by atoms with Crippen molar-refractivity contribution in [1.29, 1.82) is 0 Å². The number of fused-ring (bicyclic) bond motifs is 1. The van der Waals surface area contributed by atoms with E-state index in [1.165, 1.54) is 0 Å². The van der Waals surface area contributed by atoms with Crippen LogP contribution in [-0.4, -0.2) is 18.4 Å². The van der Waals surface area contributed by atoms with E-state index >= 15 is 0 Å². The summed E-state index contributed by atoms with van der Waals surface area (Å²) in [6.07, 6.45) is 0. The minimum absolute atomic E-state index is 0.0663. The largest absolute Gasteiger partial charge is 0.323 e. The number of hydrogen-bond donors (Lipinski definition) is 2. The molecule has 0 saturated heterocycles. The van der Waals surface area contributed by atoms with Crippen molar-refractivity contribution in [3.8, 4) is 0 Å². The Labute approximate surface area is 124 Å². The number of nitrogens with one attached hydrogen (secondary N) is 2. The van der Waals surface area contributed by atoms with Gasteiger partial charge in [0, 0.05) is 0 Å². The number of anilines is 1. The number of halogens is 2. The van der Waals surface area contributed by atoms with Gasteiger partial charge in [0.25, 0.3) is 10.0 Å². The molecule has 3 aromatic rings. The van der Waals surface area contributed by atoms with E-state index in [0.717, 1.165) is 18.2 Å². The molecule has 3 rings (SSSR count). The van der Waals surface area contributed by atoms with Crippen molar-refractivity contribution in [3.63, 3.8) is 0 Å². The molecule has 0 radical (unpaired) electrons. The Bertz CT molecular complexity index is 891. The van der Waals surface area contributed by atoms with Crippen molar-refractivity contribution in [1.82, 2.24) is 9.97 Å². The Balaban J connectivity index is 1.99. The number of aromatic nitrogens is 2. The zero-order chi connectivity index (χ0) is 15.0. The Morgan fingerprint density at radius 3 is 2.67 bits per heavy atom. The van der Waals surface area contributed by atoms with Crippen molar-refractivity contribution in [2.24, 2.45) is 0 Å². The third-order valence-electron chi connectivity index (χ3n) is 2.80. The number of benzene rings is 2. The Morgan fingerprint density at radius 1 is 1.19 bits per heavy atom. The average molecular weight is 326 g/mol. The summed E-state index contributed by atoms with van der Waals surface area (Å²) in [7, 11) is -3.95. The molecule has 108 valence electrons. The number of aromatic amines is 1. The second-order valence-corrected chi connectivity index (χ2v) is 6.34. The van der Waals surface area contributed by atoms with Crippen LogP contribution >= 0.6 is 11.6 Å². The zero-order valence-electron chi connectivity index (χ0n) is 10.5. The highest BCUT2D eigenvalue weighted by Gasteiger charge is 2.20. The SMILES string of the molecule is O=S(=O)(Nc1nc2ccccc2[nH]1)c1ccc(F)cc1Cl. The summed E-state index contributed by atoms with van der Waals surface area (Å²) in [6, 6.07) is 10.2. The van der Waals surface area contributed by atoms with Crippen LogP contribution in [0.3, 0.4) is 0 Å². The van der Waals surface area contributed by atoms with Crippen LogP contribution in [0.1, 0.15) is 0 Å². The normalized spacial score (nSPS) is 11.7. The molecule has 8 heteroatoms. The van der Waals surface area contributed by atoms with Crippen molar-refractivity contribution in [2.75, 3.05) is 4.72 Å². The first-order valence-electron chi connectivity index (χ1n) is 5.88. The third kappa shape index (κ3) is 2.70. The van der Waals surface area contributed by atoms with Crippen molar-refractivity contribution in [2.45, 2.75) is 4.90 Å². The molecule has 1 aromatic heterocycles. The summed E-state index contributed by atoms with van der Waals surface area (Å²) < 4.78 is 39.7. The first-order valence-corrected chi connectivity index (χ1v) is 7.74. The molecular formula is C13H9ClFN3O2S. The second kappa shape index (κ2) is 5.01. The Morgan fingerprint density at radius 2 is 1.95 bits per heavy atom. The lowest BCUT2D eigenvalue weighted by Crippen LogP contribution is -2.14. The van der Waals surface area contributed by atoms with Gasteiger partial charge < -0.3 is 4.98 Å². The van der Waals surface area contributed by atoms with Gasteiger partial charge >= 0.3 is 0 Å². The zero-order valence-corrected chi connectivity index (χ0v) is 12.0. The molecule has 5 nitrogen and oxygen atoms in total. The maximum absolute atomic E-state index is 13.0. The van der Waals surface area contributed by atoms with Gasteiger partial charge in [0.1, 0.15) is 10.7 Å². The van der Waals surface area contributed by atoms with Crippen LogP contribution in [0.5, 0.6) is 0 Å². The fourth-order valence-corrected chi connectivity index (χ4v) is 3.37. The number of para-hydroxylation sites is 2. The fourth-order valence-electron chi connectivity index (χ4n) is 1.88. The number of rotatable bonds is 3. The molecule has 1 heterocycles. The molecular weight excluding hydrogens is 317 g/mol. The van der Waals surface area contributed by atoms with Gasteiger partial charge in [-0.25, -0.2) is 22.5 Å². The third-order valence-corrected chi connectivity index (χ3v) is 4.63. The van der Waals surface area contributed by atoms with Crippen LogP contribution in [0.2, 0.25) is 5.02 Å². The highest BCUT2D eigenvalue weighted by atomic mass is 35.5. The van der Waals surface area contributed by atoms with Crippen LogP contribution in [0.15, 0.2) is 47.4 Å². The monoisotopic (exact) mass is 325 g/mol. The lowest BCUT2D eigenvalue weighted by molar-refractivity contribution is 0.599. The molecule has 0 saturated carbocycles. The number of nitrogens with zero attached hydrogens (tertiary/aromatic N) is 1. The number of imidazole rings is 1. The van der Waals surface area contributed by atoms with Crippen molar-refractivity contribution in [3.05, 3.63) is 53.3 Å². The molecule has 0 aliphatic heterocycles. The molecule has 0 unspecified atom stereocenters. The van der Waals surface area contributed by atoms with Crippen molar-refractivity contribution < 1.29 is 12.8 Å². The summed E-state index contributed by atoms with van der Waals surface area (Å²) in [5.74, 6) is -0.542. The summed E-state index contributed by atoms with van der Waals surface area (Å²) in [5.41, 5.74) is 1.32. The van der Waals surface area contributed by atoms with E-state index in [4.69, 9.17) is 11.6 Å². The molecule has 0 fully saturated rings. The van der Waals surface area contributed by atoms with Gasteiger partial charge in [-0.05, 0) is 30.3 Å². The minimum Gasteiger partial charge on any atom is -0.323 e. The first-order chi connectivity index (χ1) is 9.95. The molecule has 0 aliphatic carbocycles. The van der Waals surface area contributed by atoms with Gasteiger partial charge in [0.2, 0.25) is 5.95 Å². The van der Waals surface area contributed by atoms with Crippen molar-refractivity contribution >= 4 is 38.6 Å². The van der Waals surface area contributed by atoms with Gasteiger partial charge in [-0.1, -0.05) is 23.7 Å². The van der Waals surface area contributed by atoms with Crippen LogP contribution in [0.25, 0.3) is 11.0 Å². The summed E-state index contributed by atoms with van der Waals surface area (Å²) >= 11 is 5.77. The maximum Gasteiger partial charge on any atom is 0.265 e.